The van der Waals surface area contributed by atoms with E-state index in [1.165, 1.54) is 0 Å². The van der Waals surface area contributed by atoms with Crippen LogP contribution in [0.15, 0.2) is 59.0 Å². The highest BCUT2D eigenvalue weighted by Crippen LogP contribution is 2.28. The molecule has 0 saturated heterocycles. The second-order valence-electron chi connectivity index (χ2n) is 7.24. The van der Waals surface area contributed by atoms with Gasteiger partial charge in [-0.3, -0.25) is 9.00 Å². The molecule has 1 N–H and O–H groups in total. The number of ether oxygens (including phenoxy) is 2. The predicted molar refractivity (Wildman–Crippen MR) is 131 cm³/mol. The molecule has 33 heavy (non-hydrogen) atoms. The summed E-state index contributed by atoms with van der Waals surface area (Å²) in [4.78, 5) is 12.4. The van der Waals surface area contributed by atoms with Gasteiger partial charge in [-0.15, -0.1) is 0 Å². The van der Waals surface area contributed by atoms with Crippen LogP contribution in [-0.2, 0) is 28.7 Å². The van der Waals surface area contributed by atoms with Crippen molar-refractivity contribution in [1.29, 1.82) is 0 Å². The number of furan rings is 1. The van der Waals surface area contributed by atoms with Crippen LogP contribution in [0.3, 0.4) is 0 Å². The third kappa shape index (κ3) is 7.37. The molecule has 0 aliphatic carbocycles. The van der Waals surface area contributed by atoms with Gasteiger partial charge in [0.2, 0.25) is 0 Å². The van der Waals surface area contributed by atoms with Gasteiger partial charge in [0.1, 0.15) is 5.76 Å². The molecule has 1 aromatic heterocycles. The SMILES string of the molecule is CCOc1ccc(CCNC(=O)c2ccc(C[S@](=O)Cc3ccccc3Cl)o2)cc1OCC. The van der Waals surface area contributed by atoms with Crippen molar-refractivity contribution in [2.45, 2.75) is 31.8 Å². The number of rotatable bonds is 12. The molecule has 0 saturated carbocycles. The van der Waals surface area contributed by atoms with Gasteiger partial charge in [0.05, 0.1) is 24.7 Å². The summed E-state index contributed by atoms with van der Waals surface area (Å²) in [6.45, 7) is 5.40. The van der Waals surface area contributed by atoms with Crippen LogP contribution in [0.25, 0.3) is 0 Å². The van der Waals surface area contributed by atoms with Crippen LogP contribution in [0.2, 0.25) is 5.02 Å². The van der Waals surface area contributed by atoms with Crippen molar-refractivity contribution >= 4 is 28.3 Å². The van der Waals surface area contributed by atoms with E-state index in [4.69, 9.17) is 25.5 Å². The van der Waals surface area contributed by atoms with Gasteiger partial charge in [-0.25, -0.2) is 0 Å². The molecule has 0 unspecified atom stereocenters. The summed E-state index contributed by atoms with van der Waals surface area (Å²) in [7, 11) is -1.20. The molecule has 3 rings (SSSR count). The molecule has 0 fully saturated rings. The Bertz CT molecular complexity index is 1100. The second kappa shape index (κ2) is 12.5. The Balaban J connectivity index is 1.50. The minimum atomic E-state index is -1.20. The number of nitrogens with one attached hydrogen (secondary N) is 1. The maximum absolute atomic E-state index is 12.5. The molecular weight excluding hydrogens is 462 g/mol. The van der Waals surface area contributed by atoms with E-state index >= 15 is 0 Å². The number of carbonyl (C=O) groups is 1. The lowest BCUT2D eigenvalue weighted by molar-refractivity contribution is 0.0925. The van der Waals surface area contributed by atoms with Gasteiger partial charge >= 0.3 is 0 Å². The fourth-order valence-electron chi connectivity index (χ4n) is 3.23. The molecule has 8 heteroatoms. The highest BCUT2D eigenvalue weighted by atomic mass is 35.5. The van der Waals surface area contributed by atoms with E-state index in [0.717, 1.165) is 11.1 Å². The first-order chi connectivity index (χ1) is 16.0. The quantitative estimate of drug-likeness (QED) is 0.380. The molecule has 1 heterocycles. The van der Waals surface area contributed by atoms with Crippen LogP contribution < -0.4 is 14.8 Å². The van der Waals surface area contributed by atoms with Crippen molar-refractivity contribution in [3.05, 3.63) is 82.3 Å². The summed E-state index contributed by atoms with van der Waals surface area (Å²) in [6.07, 6.45) is 0.633. The fraction of sp³-hybridized carbons (Fsp3) is 0.320. The Hall–Kier alpha value is -2.77. The molecule has 2 aromatic carbocycles. The standard InChI is InChI=1S/C25H28ClNO5S/c1-3-30-22-11-9-18(15-24(22)31-4-2)13-14-27-25(28)23-12-10-20(32-23)17-33(29)16-19-7-5-6-8-21(19)26/h5-12,15H,3-4,13-14,16-17H2,1-2H3,(H,27,28)/t33-/m1/s1. The van der Waals surface area contributed by atoms with Gasteiger partial charge in [-0.05, 0) is 61.7 Å². The Morgan fingerprint density at radius 3 is 2.52 bits per heavy atom. The van der Waals surface area contributed by atoms with Gasteiger partial charge in [-0.1, -0.05) is 35.9 Å². The van der Waals surface area contributed by atoms with Crippen molar-refractivity contribution in [3.8, 4) is 11.5 Å². The smallest absolute Gasteiger partial charge is 0.287 e. The van der Waals surface area contributed by atoms with Crippen LogP contribution in [0.4, 0.5) is 0 Å². The number of hydrogen-bond donors (Lipinski definition) is 1. The van der Waals surface area contributed by atoms with Crippen LogP contribution in [0.5, 0.6) is 11.5 Å². The Kier molecular flexibility index (Phi) is 9.39. The predicted octanol–water partition coefficient (Wildman–Crippen LogP) is 5.15. The van der Waals surface area contributed by atoms with Gasteiger partial charge in [0, 0.05) is 22.4 Å². The summed E-state index contributed by atoms with van der Waals surface area (Å²) in [5.41, 5.74) is 1.85. The van der Waals surface area contributed by atoms with E-state index in [2.05, 4.69) is 5.32 Å². The third-order valence-corrected chi connectivity index (χ3v) is 6.38. The van der Waals surface area contributed by atoms with E-state index in [1.54, 1.807) is 18.2 Å². The molecular formula is C25H28ClNO5S. The number of benzene rings is 2. The van der Waals surface area contributed by atoms with Gasteiger partial charge in [0.25, 0.3) is 5.91 Å². The second-order valence-corrected chi connectivity index (χ2v) is 9.10. The van der Waals surface area contributed by atoms with E-state index < -0.39 is 10.8 Å². The molecule has 6 nitrogen and oxygen atoms in total. The Labute approximate surface area is 201 Å². The first-order valence-electron chi connectivity index (χ1n) is 10.8. The van der Waals surface area contributed by atoms with E-state index in [-0.39, 0.29) is 17.4 Å². The lowest BCUT2D eigenvalue weighted by atomic mass is 10.1. The maximum Gasteiger partial charge on any atom is 0.287 e. The molecule has 1 atom stereocenters. The van der Waals surface area contributed by atoms with Crippen LogP contribution in [0.1, 0.15) is 41.3 Å². The lowest BCUT2D eigenvalue weighted by Gasteiger charge is -2.12. The minimum Gasteiger partial charge on any atom is -0.490 e. The van der Waals surface area contributed by atoms with Crippen molar-refractivity contribution in [1.82, 2.24) is 5.32 Å². The third-order valence-electron chi connectivity index (χ3n) is 4.77. The normalized spacial score (nSPS) is 11.7. The lowest BCUT2D eigenvalue weighted by Crippen LogP contribution is -2.25. The zero-order chi connectivity index (χ0) is 23.6. The monoisotopic (exact) mass is 489 g/mol. The summed E-state index contributed by atoms with van der Waals surface area (Å²) in [5, 5.41) is 3.44. The Morgan fingerprint density at radius 2 is 1.76 bits per heavy atom. The summed E-state index contributed by atoms with van der Waals surface area (Å²) in [6, 6.07) is 16.4. The molecule has 1 amide bonds. The van der Waals surface area contributed by atoms with Crippen molar-refractivity contribution in [2.24, 2.45) is 0 Å². The first-order valence-corrected chi connectivity index (χ1v) is 12.7. The van der Waals surface area contributed by atoms with Gasteiger partial charge < -0.3 is 19.2 Å². The number of amides is 1. The molecule has 0 aliphatic rings. The van der Waals surface area contributed by atoms with E-state index in [1.807, 2.05) is 50.2 Å². The first kappa shape index (κ1) is 24.9. The van der Waals surface area contributed by atoms with Crippen molar-refractivity contribution in [3.63, 3.8) is 0 Å². The van der Waals surface area contributed by atoms with Gasteiger partial charge in [0.15, 0.2) is 17.3 Å². The van der Waals surface area contributed by atoms with E-state index in [0.29, 0.717) is 54.2 Å². The fourth-order valence-corrected chi connectivity index (χ4v) is 4.69. The maximum atomic E-state index is 12.5. The van der Waals surface area contributed by atoms with Crippen molar-refractivity contribution < 1.29 is 22.9 Å². The van der Waals surface area contributed by atoms with Crippen LogP contribution in [0, 0.1) is 0 Å². The van der Waals surface area contributed by atoms with Crippen molar-refractivity contribution in [2.75, 3.05) is 19.8 Å². The summed E-state index contributed by atoms with van der Waals surface area (Å²) in [5.74, 6) is 2.33. The Morgan fingerprint density at radius 1 is 1.00 bits per heavy atom. The minimum absolute atomic E-state index is 0.196. The average molecular weight is 490 g/mol. The average Bonchev–Trinajstić information content (AvgIpc) is 3.26. The highest BCUT2D eigenvalue weighted by molar-refractivity contribution is 7.83. The summed E-state index contributed by atoms with van der Waals surface area (Å²) >= 11 is 6.13. The zero-order valence-corrected chi connectivity index (χ0v) is 20.3. The highest BCUT2D eigenvalue weighted by Gasteiger charge is 2.14. The zero-order valence-electron chi connectivity index (χ0n) is 18.8. The topological polar surface area (TPSA) is 77.8 Å². The molecule has 3 aromatic rings. The number of halogens is 1. The molecule has 0 bridgehead atoms. The number of carbonyl (C=O) groups excluding carboxylic acids is 1. The van der Waals surface area contributed by atoms with E-state index in [9.17, 15) is 9.00 Å². The van der Waals surface area contributed by atoms with Gasteiger partial charge in [-0.2, -0.15) is 0 Å². The van der Waals surface area contributed by atoms with Crippen LogP contribution in [-0.4, -0.2) is 29.9 Å². The molecule has 0 radical (unpaired) electrons. The summed E-state index contributed by atoms with van der Waals surface area (Å²) < 4.78 is 29.3. The molecule has 176 valence electrons. The largest absolute Gasteiger partial charge is 0.490 e. The number of hydrogen-bond acceptors (Lipinski definition) is 5. The molecule has 0 spiro atoms. The molecule has 0 aliphatic heterocycles. The van der Waals surface area contributed by atoms with Crippen LogP contribution >= 0.6 is 11.6 Å².